The topological polar surface area (TPSA) is 50.4 Å². The zero-order valence-electron chi connectivity index (χ0n) is 14.0. The molecule has 1 aromatic rings. The van der Waals surface area contributed by atoms with Gasteiger partial charge in [0.15, 0.2) is 0 Å². The average molecular weight is 322 g/mol. The fourth-order valence-electron chi connectivity index (χ4n) is 3.17. The number of benzene rings is 1. The molecule has 0 aromatic heterocycles. The van der Waals surface area contributed by atoms with Crippen molar-refractivity contribution in [3.8, 4) is 0 Å². The highest BCUT2D eigenvalue weighted by Gasteiger charge is 2.22. The van der Waals surface area contributed by atoms with Crippen molar-refractivity contribution < 1.29 is 13.9 Å². The van der Waals surface area contributed by atoms with E-state index < -0.39 is 0 Å². The zero-order valence-corrected chi connectivity index (χ0v) is 14.0. The molecule has 5 heteroatoms. The molecule has 4 nitrogen and oxygen atoms in total. The van der Waals surface area contributed by atoms with Crippen molar-refractivity contribution in [1.82, 2.24) is 10.6 Å². The van der Waals surface area contributed by atoms with E-state index in [2.05, 4.69) is 17.6 Å². The highest BCUT2D eigenvalue weighted by Crippen LogP contribution is 2.24. The van der Waals surface area contributed by atoms with Crippen LogP contribution in [0.25, 0.3) is 0 Å². The van der Waals surface area contributed by atoms with Crippen molar-refractivity contribution in [2.75, 3.05) is 26.7 Å². The third kappa shape index (κ3) is 5.59. The molecule has 1 heterocycles. The first-order chi connectivity index (χ1) is 11.1. The van der Waals surface area contributed by atoms with E-state index in [1.54, 1.807) is 19.2 Å². The van der Waals surface area contributed by atoms with Crippen molar-refractivity contribution in [3.63, 3.8) is 0 Å². The first-order valence-electron chi connectivity index (χ1n) is 8.35. The van der Waals surface area contributed by atoms with Crippen molar-refractivity contribution in [1.29, 1.82) is 0 Å². The Morgan fingerprint density at radius 3 is 2.61 bits per heavy atom. The molecule has 0 bridgehead atoms. The summed E-state index contributed by atoms with van der Waals surface area (Å²) >= 11 is 0. The fourth-order valence-corrected chi connectivity index (χ4v) is 3.17. The number of halogens is 1. The smallest absolute Gasteiger partial charge is 0.220 e. The van der Waals surface area contributed by atoms with Crippen LogP contribution in [-0.2, 0) is 9.53 Å². The molecule has 0 saturated carbocycles. The highest BCUT2D eigenvalue weighted by molar-refractivity contribution is 5.76. The van der Waals surface area contributed by atoms with Crippen molar-refractivity contribution in [3.05, 3.63) is 35.6 Å². The van der Waals surface area contributed by atoms with Gasteiger partial charge >= 0.3 is 0 Å². The van der Waals surface area contributed by atoms with Crippen molar-refractivity contribution in [2.24, 2.45) is 11.8 Å². The van der Waals surface area contributed by atoms with Gasteiger partial charge in [-0.25, -0.2) is 4.39 Å². The van der Waals surface area contributed by atoms with Gasteiger partial charge in [0.2, 0.25) is 5.91 Å². The number of nitrogens with one attached hydrogen (secondary N) is 2. The number of hydrogen-bond donors (Lipinski definition) is 2. The maximum absolute atomic E-state index is 13.0. The molecular weight excluding hydrogens is 295 g/mol. The first-order valence-corrected chi connectivity index (χ1v) is 8.35. The molecule has 0 aliphatic carbocycles. The Labute approximate surface area is 137 Å². The SMILES string of the molecule is COC(CNC(=O)CC(C)C1CCNCC1)c1ccc(F)cc1. The number of methoxy groups -OCH3 is 1. The number of ether oxygens (including phenoxy) is 1. The van der Waals surface area contributed by atoms with E-state index in [-0.39, 0.29) is 17.8 Å². The summed E-state index contributed by atoms with van der Waals surface area (Å²) < 4.78 is 18.4. The van der Waals surface area contributed by atoms with Gasteiger partial charge in [-0.05, 0) is 55.5 Å². The lowest BCUT2D eigenvalue weighted by Crippen LogP contribution is -2.34. The van der Waals surface area contributed by atoms with Crippen LogP contribution in [-0.4, -0.2) is 32.7 Å². The summed E-state index contributed by atoms with van der Waals surface area (Å²) in [6, 6.07) is 6.19. The monoisotopic (exact) mass is 322 g/mol. The van der Waals surface area contributed by atoms with E-state index in [0.29, 0.717) is 24.8 Å². The van der Waals surface area contributed by atoms with Gasteiger partial charge in [0, 0.05) is 20.1 Å². The minimum atomic E-state index is -0.275. The number of carbonyl (C=O) groups excluding carboxylic acids is 1. The van der Waals surface area contributed by atoms with E-state index in [4.69, 9.17) is 4.74 Å². The Balaban J connectivity index is 1.78. The molecule has 1 fully saturated rings. The minimum absolute atomic E-state index is 0.0557. The molecular formula is C18H27FN2O2. The van der Waals surface area contributed by atoms with E-state index in [9.17, 15) is 9.18 Å². The fraction of sp³-hybridized carbons (Fsp3) is 0.611. The average Bonchev–Trinajstić information content (AvgIpc) is 2.57. The molecule has 2 rings (SSSR count). The lowest BCUT2D eigenvalue weighted by molar-refractivity contribution is -0.122. The maximum atomic E-state index is 13.0. The second-order valence-electron chi connectivity index (χ2n) is 6.35. The van der Waals surface area contributed by atoms with Gasteiger partial charge in [-0.15, -0.1) is 0 Å². The second kappa shape index (κ2) is 8.99. The summed E-state index contributed by atoms with van der Waals surface area (Å²) in [4.78, 5) is 12.2. The number of piperidine rings is 1. The first kappa shape index (κ1) is 17.9. The third-order valence-electron chi connectivity index (χ3n) is 4.71. The molecule has 2 N–H and O–H groups in total. The van der Waals surface area contributed by atoms with Gasteiger partial charge in [0.05, 0.1) is 6.10 Å². The molecule has 0 radical (unpaired) electrons. The van der Waals surface area contributed by atoms with Gasteiger partial charge in [0.1, 0.15) is 5.82 Å². The molecule has 1 amide bonds. The molecule has 0 spiro atoms. The van der Waals surface area contributed by atoms with Crippen LogP contribution in [0.3, 0.4) is 0 Å². The van der Waals surface area contributed by atoms with Crippen LogP contribution in [0.4, 0.5) is 4.39 Å². The largest absolute Gasteiger partial charge is 0.375 e. The number of hydrogen-bond acceptors (Lipinski definition) is 3. The van der Waals surface area contributed by atoms with E-state index in [0.717, 1.165) is 31.5 Å². The van der Waals surface area contributed by atoms with Crippen LogP contribution in [0, 0.1) is 17.7 Å². The lowest BCUT2D eigenvalue weighted by Gasteiger charge is -2.28. The predicted molar refractivity (Wildman–Crippen MR) is 88.5 cm³/mol. The predicted octanol–water partition coefficient (Wildman–Crippen LogP) is 2.66. The lowest BCUT2D eigenvalue weighted by atomic mass is 9.84. The number of carbonyl (C=O) groups is 1. The van der Waals surface area contributed by atoms with Crippen LogP contribution >= 0.6 is 0 Å². The van der Waals surface area contributed by atoms with Gasteiger partial charge in [0.25, 0.3) is 0 Å². The van der Waals surface area contributed by atoms with Crippen LogP contribution in [0.15, 0.2) is 24.3 Å². The Hall–Kier alpha value is -1.46. The highest BCUT2D eigenvalue weighted by atomic mass is 19.1. The summed E-state index contributed by atoms with van der Waals surface area (Å²) in [5, 5.41) is 6.29. The van der Waals surface area contributed by atoms with Crippen LogP contribution < -0.4 is 10.6 Å². The van der Waals surface area contributed by atoms with Crippen LogP contribution in [0.5, 0.6) is 0 Å². The summed E-state index contributed by atoms with van der Waals surface area (Å²) in [6.07, 6.45) is 2.58. The minimum Gasteiger partial charge on any atom is -0.375 e. The molecule has 128 valence electrons. The quantitative estimate of drug-likeness (QED) is 0.811. The summed E-state index contributed by atoms with van der Waals surface area (Å²) in [6.45, 7) is 4.66. The normalized spacial score (nSPS) is 18.4. The van der Waals surface area contributed by atoms with Crippen molar-refractivity contribution in [2.45, 2.75) is 32.3 Å². The number of rotatable bonds is 7. The van der Waals surface area contributed by atoms with Crippen LogP contribution in [0.2, 0.25) is 0 Å². The van der Waals surface area contributed by atoms with E-state index in [1.807, 2.05) is 0 Å². The van der Waals surface area contributed by atoms with Crippen molar-refractivity contribution >= 4 is 5.91 Å². The Morgan fingerprint density at radius 2 is 2.00 bits per heavy atom. The molecule has 1 aliphatic heterocycles. The molecule has 23 heavy (non-hydrogen) atoms. The van der Waals surface area contributed by atoms with Gasteiger partial charge in [-0.2, -0.15) is 0 Å². The van der Waals surface area contributed by atoms with Gasteiger partial charge < -0.3 is 15.4 Å². The third-order valence-corrected chi connectivity index (χ3v) is 4.71. The molecule has 1 aromatic carbocycles. The number of amides is 1. The molecule has 2 atom stereocenters. The van der Waals surface area contributed by atoms with Gasteiger partial charge in [-0.1, -0.05) is 19.1 Å². The Kier molecular flexibility index (Phi) is 6.99. The van der Waals surface area contributed by atoms with Crippen LogP contribution in [0.1, 0.15) is 37.9 Å². The van der Waals surface area contributed by atoms with E-state index >= 15 is 0 Å². The Bertz CT molecular complexity index is 486. The summed E-state index contributed by atoms with van der Waals surface area (Å²) in [5.74, 6) is 0.796. The van der Waals surface area contributed by atoms with Gasteiger partial charge in [-0.3, -0.25) is 4.79 Å². The second-order valence-corrected chi connectivity index (χ2v) is 6.35. The molecule has 1 aliphatic rings. The molecule has 1 saturated heterocycles. The summed E-state index contributed by atoms with van der Waals surface area (Å²) in [5.41, 5.74) is 0.862. The Morgan fingerprint density at radius 1 is 1.35 bits per heavy atom. The maximum Gasteiger partial charge on any atom is 0.220 e. The van der Waals surface area contributed by atoms with E-state index in [1.165, 1.54) is 12.1 Å². The molecule has 2 unspecified atom stereocenters. The summed E-state index contributed by atoms with van der Waals surface area (Å²) in [7, 11) is 1.60. The standard InChI is InChI=1S/C18H27FN2O2/c1-13(14-7-9-20-10-8-14)11-18(22)21-12-17(23-2)15-3-5-16(19)6-4-15/h3-6,13-14,17,20H,7-12H2,1-2H3,(H,21,22). The zero-order chi connectivity index (χ0) is 16.7.